The molecule has 0 atom stereocenters. The van der Waals surface area contributed by atoms with E-state index in [-0.39, 0.29) is 11.7 Å². The van der Waals surface area contributed by atoms with Crippen molar-refractivity contribution in [1.29, 1.82) is 0 Å². The SMILES string of the molecule is CN(CCc1ccncc1)C(=O)c1ccc(NCc2ccccc2F)nc1. The van der Waals surface area contributed by atoms with Crippen molar-refractivity contribution in [2.45, 2.75) is 13.0 Å². The predicted molar refractivity (Wildman–Crippen MR) is 103 cm³/mol. The Labute approximate surface area is 157 Å². The van der Waals surface area contributed by atoms with E-state index in [4.69, 9.17) is 0 Å². The molecule has 0 aliphatic heterocycles. The summed E-state index contributed by atoms with van der Waals surface area (Å²) in [6.07, 6.45) is 5.79. The number of pyridine rings is 2. The van der Waals surface area contributed by atoms with Gasteiger partial charge in [-0.25, -0.2) is 9.37 Å². The number of aromatic nitrogens is 2. The molecule has 1 N–H and O–H groups in total. The molecule has 6 heteroatoms. The summed E-state index contributed by atoms with van der Waals surface area (Å²) < 4.78 is 13.6. The zero-order valence-electron chi connectivity index (χ0n) is 15.1. The molecule has 0 spiro atoms. The first-order valence-electron chi connectivity index (χ1n) is 8.71. The van der Waals surface area contributed by atoms with E-state index in [1.54, 1.807) is 54.7 Å². The van der Waals surface area contributed by atoms with Gasteiger partial charge in [0.1, 0.15) is 11.6 Å². The number of likely N-dealkylation sites (N-methyl/N-ethyl adjacent to an activating group) is 1. The zero-order valence-corrected chi connectivity index (χ0v) is 15.1. The third kappa shape index (κ3) is 5.10. The van der Waals surface area contributed by atoms with Gasteiger partial charge in [0.05, 0.1) is 5.56 Å². The van der Waals surface area contributed by atoms with Crippen LogP contribution in [0.5, 0.6) is 0 Å². The third-order valence-corrected chi connectivity index (χ3v) is 4.26. The highest BCUT2D eigenvalue weighted by Gasteiger charge is 2.12. The first kappa shape index (κ1) is 18.5. The zero-order chi connectivity index (χ0) is 19.1. The number of amides is 1. The van der Waals surface area contributed by atoms with E-state index in [1.807, 2.05) is 12.1 Å². The maximum absolute atomic E-state index is 13.6. The van der Waals surface area contributed by atoms with Crippen LogP contribution in [0.2, 0.25) is 0 Å². The summed E-state index contributed by atoms with van der Waals surface area (Å²) in [4.78, 5) is 22.4. The molecule has 0 aliphatic carbocycles. The van der Waals surface area contributed by atoms with Crippen molar-refractivity contribution in [2.75, 3.05) is 18.9 Å². The van der Waals surface area contributed by atoms with Crippen LogP contribution in [-0.2, 0) is 13.0 Å². The topological polar surface area (TPSA) is 58.1 Å². The molecule has 5 nitrogen and oxygen atoms in total. The van der Waals surface area contributed by atoms with Gasteiger partial charge in [-0.1, -0.05) is 18.2 Å². The Kier molecular flexibility index (Phi) is 6.10. The monoisotopic (exact) mass is 364 g/mol. The number of nitrogens with zero attached hydrogens (tertiary/aromatic N) is 3. The molecular weight excluding hydrogens is 343 g/mol. The van der Waals surface area contributed by atoms with Crippen molar-refractivity contribution in [1.82, 2.24) is 14.9 Å². The Balaban J connectivity index is 1.54. The van der Waals surface area contributed by atoms with Gasteiger partial charge in [0, 0.05) is 44.3 Å². The molecule has 1 amide bonds. The van der Waals surface area contributed by atoms with Gasteiger partial charge in [0.15, 0.2) is 0 Å². The summed E-state index contributed by atoms with van der Waals surface area (Å²) in [5, 5.41) is 3.06. The van der Waals surface area contributed by atoms with Crippen molar-refractivity contribution in [3.8, 4) is 0 Å². The second-order valence-electron chi connectivity index (χ2n) is 6.21. The van der Waals surface area contributed by atoms with Crippen LogP contribution in [-0.4, -0.2) is 34.4 Å². The standard InChI is InChI=1S/C21H21FN4O/c1-26(13-10-16-8-11-23-12-9-16)21(27)18-6-7-20(25-15-18)24-14-17-4-2-3-5-19(17)22/h2-9,11-12,15H,10,13-14H2,1H3,(H,24,25). The number of hydrogen-bond donors (Lipinski definition) is 1. The third-order valence-electron chi connectivity index (χ3n) is 4.26. The molecule has 0 bridgehead atoms. The lowest BCUT2D eigenvalue weighted by Crippen LogP contribution is -2.29. The average molecular weight is 364 g/mol. The van der Waals surface area contributed by atoms with Crippen LogP contribution in [0.3, 0.4) is 0 Å². The molecule has 0 unspecified atom stereocenters. The average Bonchev–Trinajstić information content (AvgIpc) is 2.72. The van der Waals surface area contributed by atoms with Crippen molar-refractivity contribution in [2.24, 2.45) is 0 Å². The minimum absolute atomic E-state index is 0.0859. The second-order valence-corrected chi connectivity index (χ2v) is 6.21. The summed E-state index contributed by atoms with van der Waals surface area (Å²) >= 11 is 0. The van der Waals surface area contributed by atoms with Crippen LogP contribution in [0.1, 0.15) is 21.5 Å². The van der Waals surface area contributed by atoms with Crippen LogP contribution in [0.4, 0.5) is 10.2 Å². The molecule has 0 saturated carbocycles. The summed E-state index contributed by atoms with van der Waals surface area (Å²) in [6.45, 7) is 0.939. The van der Waals surface area contributed by atoms with E-state index in [0.29, 0.717) is 30.0 Å². The molecule has 0 saturated heterocycles. The lowest BCUT2D eigenvalue weighted by atomic mass is 10.2. The predicted octanol–water partition coefficient (Wildman–Crippen LogP) is 3.54. The number of halogens is 1. The van der Waals surface area contributed by atoms with Crippen molar-refractivity contribution < 1.29 is 9.18 Å². The van der Waals surface area contributed by atoms with Gasteiger partial charge in [-0.15, -0.1) is 0 Å². The molecule has 1 aromatic carbocycles. The quantitative estimate of drug-likeness (QED) is 0.697. The first-order valence-corrected chi connectivity index (χ1v) is 8.71. The molecule has 0 radical (unpaired) electrons. The van der Waals surface area contributed by atoms with Gasteiger partial charge in [-0.05, 0) is 42.3 Å². The van der Waals surface area contributed by atoms with Crippen LogP contribution >= 0.6 is 0 Å². The number of nitrogens with one attached hydrogen (secondary N) is 1. The molecule has 3 rings (SSSR count). The number of benzene rings is 1. The minimum atomic E-state index is -0.257. The Bertz CT molecular complexity index is 884. The van der Waals surface area contributed by atoms with Crippen LogP contribution in [0.15, 0.2) is 67.1 Å². The fourth-order valence-electron chi connectivity index (χ4n) is 2.62. The Morgan fingerprint density at radius 3 is 2.59 bits per heavy atom. The van der Waals surface area contributed by atoms with E-state index in [9.17, 15) is 9.18 Å². The largest absolute Gasteiger partial charge is 0.366 e. The van der Waals surface area contributed by atoms with Gasteiger partial charge >= 0.3 is 0 Å². The van der Waals surface area contributed by atoms with E-state index >= 15 is 0 Å². The van der Waals surface area contributed by atoms with E-state index in [2.05, 4.69) is 15.3 Å². The van der Waals surface area contributed by atoms with E-state index in [1.165, 1.54) is 12.3 Å². The highest BCUT2D eigenvalue weighted by atomic mass is 19.1. The number of carbonyl (C=O) groups excluding carboxylic acids is 1. The van der Waals surface area contributed by atoms with Gasteiger partial charge in [0.25, 0.3) is 5.91 Å². The van der Waals surface area contributed by atoms with Gasteiger partial charge in [-0.3, -0.25) is 9.78 Å². The number of hydrogen-bond acceptors (Lipinski definition) is 4. The Morgan fingerprint density at radius 2 is 1.89 bits per heavy atom. The number of rotatable bonds is 7. The normalized spacial score (nSPS) is 10.4. The van der Waals surface area contributed by atoms with Crippen LogP contribution in [0.25, 0.3) is 0 Å². The summed E-state index contributed by atoms with van der Waals surface area (Å²) in [5.74, 6) is 0.249. The van der Waals surface area contributed by atoms with Gasteiger partial charge in [-0.2, -0.15) is 0 Å². The fourth-order valence-corrected chi connectivity index (χ4v) is 2.62. The van der Waals surface area contributed by atoms with Crippen molar-refractivity contribution >= 4 is 11.7 Å². The smallest absolute Gasteiger partial charge is 0.255 e. The maximum Gasteiger partial charge on any atom is 0.255 e. The van der Waals surface area contributed by atoms with Gasteiger partial charge < -0.3 is 10.2 Å². The molecule has 2 heterocycles. The maximum atomic E-state index is 13.6. The van der Waals surface area contributed by atoms with E-state index in [0.717, 1.165) is 12.0 Å². The van der Waals surface area contributed by atoms with E-state index < -0.39 is 0 Å². The first-order chi connectivity index (χ1) is 13.1. The molecule has 2 aromatic heterocycles. The highest BCUT2D eigenvalue weighted by molar-refractivity contribution is 5.93. The summed E-state index contributed by atoms with van der Waals surface area (Å²) in [6, 6.07) is 13.9. The summed E-state index contributed by atoms with van der Waals surface area (Å²) in [7, 11) is 1.77. The Hall–Kier alpha value is -3.28. The highest BCUT2D eigenvalue weighted by Crippen LogP contribution is 2.12. The van der Waals surface area contributed by atoms with Crippen LogP contribution in [0, 0.1) is 5.82 Å². The summed E-state index contributed by atoms with van der Waals surface area (Å²) in [5.41, 5.74) is 2.22. The lowest BCUT2D eigenvalue weighted by Gasteiger charge is -2.17. The van der Waals surface area contributed by atoms with Crippen molar-refractivity contribution in [3.63, 3.8) is 0 Å². The molecule has 3 aromatic rings. The Morgan fingerprint density at radius 1 is 1.11 bits per heavy atom. The minimum Gasteiger partial charge on any atom is -0.366 e. The molecule has 0 aliphatic rings. The molecule has 138 valence electrons. The lowest BCUT2D eigenvalue weighted by molar-refractivity contribution is 0.0796. The fraction of sp³-hybridized carbons (Fsp3) is 0.190. The number of anilines is 1. The second kappa shape index (κ2) is 8.89. The van der Waals surface area contributed by atoms with Gasteiger partial charge in [0.2, 0.25) is 0 Å². The molecular formula is C21H21FN4O. The molecule has 27 heavy (non-hydrogen) atoms. The molecule has 0 fully saturated rings. The van der Waals surface area contributed by atoms with Crippen LogP contribution < -0.4 is 5.32 Å². The van der Waals surface area contributed by atoms with Crippen molar-refractivity contribution in [3.05, 3.63) is 89.6 Å². The number of carbonyl (C=O) groups is 1.